The van der Waals surface area contributed by atoms with E-state index in [1.807, 2.05) is 24.4 Å². The van der Waals surface area contributed by atoms with Crippen molar-refractivity contribution in [1.29, 1.82) is 5.26 Å². The highest BCUT2D eigenvalue weighted by Gasteiger charge is 2.45. The van der Waals surface area contributed by atoms with Crippen molar-refractivity contribution in [3.63, 3.8) is 0 Å². The number of aromatic nitrogens is 1. The second kappa shape index (κ2) is 6.65. The van der Waals surface area contributed by atoms with Gasteiger partial charge in [0.15, 0.2) is 0 Å². The molecule has 0 bridgehead atoms. The predicted octanol–water partition coefficient (Wildman–Crippen LogP) is 4.95. The third kappa shape index (κ3) is 2.73. The fourth-order valence-corrected chi connectivity index (χ4v) is 5.32. The molecule has 2 atom stereocenters. The average molecular weight is 377 g/mol. The summed E-state index contributed by atoms with van der Waals surface area (Å²) in [7, 11) is 0. The van der Waals surface area contributed by atoms with Crippen molar-refractivity contribution in [1.82, 2.24) is 4.98 Å². The maximum absolute atomic E-state index is 9.19. The third-order valence-electron chi connectivity index (χ3n) is 6.34. The number of nitriles is 1. The fourth-order valence-electron chi connectivity index (χ4n) is 5.11. The molecule has 4 nitrogen and oxygen atoms in total. The van der Waals surface area contributed by atoms with E-state index in [0.717, 1.165) is 24.2 Å². The lowest BCUT2D eigenvalue weighted by Crippen LogP contribution is -2.40. The maximum atomic E-state index is 9.19. The summed E-state index contributed by atoms with van der Waals surface area (Å²) in [6, 6.07) is 12.4. The molecule has 1 fully saturated rings. The zero-order chi connectivity index (χ0) is 18.4. The van der Waals surface area contributed by atoms with Gasteiger partial charge in [-0.3, -0.25) is 9.99 Å². The Labute approximate surface area is 164 Å². The lowest BCUT2D eigenvalue weighted by Gasteiger charge is -2.34. The van der Waals surface area contributed by atoms with Gasteiger partial charge in [-0.2, -0.15) is 10.4 Å². The minimum Gasteiger partial charge on any atom is -0.261 e. The Hall–Kier alpha value is -2.38. The molecule has 2 heterocycles. The molecule has 1 aromatic heterocycles. The second-order valence-electron chi connectivity index (χ2n) is 7.78. The van der Waals surface area contributed by atoms with Gasteiger partial charge >= 0.3 is 0 Å². The van der Waals surface area contributed by atoms with Crippen LogP contribution in [0.3, 0.4) is 0 Å². The Morgan fingerprint density at radius 3 is 2.78 bits per heavy atom. The molecule has 3 aliphatic rings. The summed E-state index contributed by atoms with van der Waals surface area (Å²) in [4.78, 5) is 4.58. The van der Waals surface area contributed by atoms with Crippen LogP contribution >= 0.6 is 11.6 Å². The van der Waals surface area contributed by atoms with Crippen LogP contribution in [0.25, 0.3) is 0 Å². The summed E-state index contributed by atoms with van der Waals surface area (Å²) in [5.41, 5.74) is 5.05. The zero-order valence-electron chi connectivity index (χ0n) is 15.1. The summed E-state index contributed by atoms with van der Waals surface area (Å²) in [6.45, 7) is 0. The molecule has 5 heteroatoms. The second-order valence-corrected chi connectivity index (χ2v) is 8.19. The van der Waals surface area contributed by atoms with Crippen molar-refractivity contribution in [3.8, 4) is 6.07 Å². The quantitative estimate of drug-likeness (QED) is 0.744. The molecule has 0 saturated heterocycles. The van der Waals surface area contributed by atoms with Crippen molar-refractivity contribution < 1.29 is 0 Å². The van der Waals surface area contributed by atoms with Crippen LogP contribution in [0.5, 0.6) is 0 Å². The van der Waals surface area contributed by atoms with E-state index in [9.17, 15) is 5.26 Å². The zero-order valence-corrected chi connectivity index (χ0v) is 15.9. The molecular weight excluding hydrogens is 356 g/mol. The molecule has 0 amide bonds. The van der Waals surface area contributed by atoms with Crippen molar-refractivity contribution in [2.75, 3.05) is 5.01 Å². The smallest absolute Gasteiger partial charge is 0.101 e. The molecule has 136 valence electrons. The van der Waals surface area contributed by atoms with Crippen LogP contribution in [0.2, 0.25) is 5.02 Å². The molecule has 0 N–H and O–H groups in total. The van der Waals surface area contributed by atoms with Gasteiger partial charge in [-0.1, -0.05) is 24.4 Å². The van der Waals surface area contributed by atoms with Crippen molar-refractivity contribution in [2.45, 2.75) is 44.6 Å². The first-order valence-corrected chi connectivity index (χ1v) is 10.2. The van der Waals surface area contributed by atoms with Crippen LogP contribution in [-0.2, 0) is 6.42 Å². The number of nitrogens with zero attached hydrogens (tertiary/aromatic N) is 4. The summed E-state index contributed by atoms with van der Waals surface area (Å²) in [5.74, 6) is 1.10. The SMILES string of the molecule is N#Cc1ccc(N2N=C3c4cccnc4CCC3C2C2CCCC2)cc1Cl. The first-order valence-electron chi connectivity index (χ1n) is 9.78. The number of hydrazone groups is 1. The first-order chi connectivity index (χ1) is 13.3. The lowest BCUT2D eigenvalue weighted by molar-refractivity contribution is 0.353. The molecule has 1 aromatic carbocycles. The Morgan fingerprint density at radius 2 is 2.00 bits per heavy atom. The standard InChI is InChI=1S/C22H21ClN4/c23-19-12-16(8-7-15(19)13-24)27-22(14-4-1-2-5-14)18-9-10-20-17(21(18)26-27)6-3-11-25-20/h3,6-8,11-12,14,18,22H,1-2,4-5,9-10H2. The Balaban J connectivity index is 1.60. The number of rotatable bonds is 2. The summed E-state index contributed by atoms with van der Waals surface area (Å²) in [5, 5.41) is 17.0. The fraction of sp³-hybridized carbons (Fsp3) is 0.409. The number of hydrogen-bond donors (Lipinski definition) is 0. The number of benzene rings is 1. The molecule has 1 saturated carbocycles. The van der Waals surface area contributed by atoms with Gasteiger partial charge in [-0.05, 0) is 61.9 Å². The molecule has 1 aliphatic heterocycles. The molecular formula is C22H21ClN4. The minimum atomic E-state index is 0.375. The largest absolute Gasteiger partial charge is 0.261 e. The molecule has 0 spiro atoms. The van der Waals surface area contributed by atoms with Gasteiger partial charge in [-0.25, -0.2) is 0 Å². The van der Waals surface area contributed by atoms with E-state index in [1.54, 1.807) is 6.07 Å². The van der Waals surface area contributed by atoms with Crippen molar-refractivity contribution >= 4 is 23.0 Å². The average Bonchev–Trinajstić information content (AvgIpc) is 3.35. The van der Waals surface area contributed by atoms with E-state index >= 15 is 0 Å². The summed E-state index contributed by atoms with van der Waals surface area (Å²) >= 11 is 6.34. The van der Waals surface area contributed by atoms with E-state index in [2.05, 4.69) is 22.1 Å². The number of halogens is 1. The van der Waals surface area contributed by atoms with Crippen molar-refractivity contribution in [3.05, 3.63) is 58.4 Å². The van der Waals surface area contributed by atoms with Gasteiger partial charge < -0.3 is 0 Å². The molecule has 2 unspecified atom stereocenters. The van der Waals surface area contributed by atoms with Crippen molar-refractivity contribution in [2.24, 2.45) is 16.9 Å². The van der Waals surface area contributed by atoms with Gasteiger partial charge in [0.1, 0.15) is 6.07 Å². The van der Waals surface area contributed by atoms with Gasteiger partial charge in [0, 0.05) is 23.4 Å². The monoisotopic (exact) mass is 376 g/mol. The molecule has 2 aromatic rings. The van der Waals surface area contributed by atoms with E-state index < -0.39 is 0 Å². The van der Waals surface area contributed by atoms with E-state index in [1.165, 1.54) is 37.0 Å². The molecule has 27 heavy (non-hydrogen) atoms. The first kappa shape index (κ1) is 16.8. The van der Waals surface area contributed by atoms with Crippen LogP contribution in [0.1, 0.15) is 48.9 Å². The molecule has 5 rings (SSSR count). The lowest BCUT2D eigenvalue weighted by atomic mass is 9.76. The highest BCUT2D eigenvalue weighted by atomic mass is 35.5. The number of fused-ring (bicyclic) bond motifs is 3. The van der Waals surface area contributed by atoms with Crippen LogP contribution in [-0.4, -0.2) is 16.7 Å². The van der Waals surface area contributed by atoms with Gasteiger partial charge in [0.25, 0.3) is 0 Å². The number of hydrogen-bond acceptors (Lipinski definition) is 4. The van der Waals surface area contributed by atoms with Crippen LogP contribution < -0.4 is 5.01 Å². The van der Waals surface area contributed by atoms with Gasteiger partial charge in [0.2, 0.25) is 0 Å². The van der Waals surface area contributed by atoms with Crippen LogP contribution in [0, 0.1) is 23.2 Å². The Morgan fingerprint density at radius 1 is 1.15 bits per heavy atom. The van der Waals surface area contributed by atoms with E-state index in [0.29, 0.717) is 28.5 Å². The Kier molecular flexibility index (Phi) is 4.13. The number of pyridine rings is 1. The Bertz CT molecular complexity index is 955. The maximum Gasteiger partial charge on any atom is 0.101 e. The summed E-state index contributed by atoms with van der Waals surface area (Å²) < 4.78 is 0. The summed E-state index contributed by atoms with van der Waals surface area (Å²) in [6.07, 6.45) is 9.15. The van der Waals surface area contributed by atoms with Crippen LogP contribution in [0.4, 0.5) is 5.69 Å². The predicted molar refractivity (Wildman–Crippen MR) is 107 cm³/mol. The third-order valence-corrected chi connectivity index (χ3v) is 6.65. The van der Waals surface area contributed by atoms with Crippen LogP contribution in [0.15, 0.2) is 41.6 Å². The normalized spacial score (nSPS) is 24.3. The van der Waals surface area contributed by atoms with Gasteiger partial charge in [0.05, 0.1) is 28.0 Å². The number of anilines is 1. The topological polar surface area (TPSA) is 52.3 Å². The highest BCUT2D eigenvalue weighted by Crippen LogP contribution is 2.44. The molecule has 2 aliphatic carbocycles. The number of aryl methyl sites for hydroxylation is 1. The minimum absolute atomic E-state index is 0.375. The van der Waals surface area contributed by atoms with E-state index in [4.69, 9.17) is 16.7 Å². The van der Waals surface area contributed by atoms with E-state index in [-0.39, 0.29) is 0 Å². The highest BCUT2D eigenvalue weighted by molar-refractivity contribution is 6.32. The molecule has 0 radical (unpaired) electrons. The van der Waals surface area contributed by atoms with Gasteiger partial charge in [-0.15, -0.1) is 0 Å².